The van der Waals surface area contributed by atoms with Gasteiger partial charge in [0.1, 0.15) is 4.33 Å². The third-order valence-corrected chi connectivity index (χ3v) is 5.25. The zero-order valence-corrected chi connectivity index (χ0v) is 12.2. The quantitative estimate of drug-likeness (QED) is 0.847. The van der Waals surface area contributed by atoms with Crippen molar-refractivity contribution >= 4 is 29.1 Å². The normalized spacial score (nSPS) is 25.3. The van der Waals surface area contributed by atoms with Crippen molar-refractivity contribution in [2.75, 3.05) is 0 Å². The highest BCUT2D eigenvalue weighted by Crippen LogP contribution is 2.63. The standard InChI is InChI=1S/C14H17Cl2NO/c1-9(10-7-5-4-6-8-10)11(18)17-12-13(2,3)14(12,15)16/h4-9,12H,1-3H3,(H,17,18). The van der Waals surface area contributed by atoms with E-state index in [9.17, 15) is 4.79 Å². The van der Waals surface area contributed by atoms with Crippen LogP contribution in [0.3, 0.4) is 0 Å². The molecule has 98 valence electrons. The second-order valence-corrected chi connectivity index (χ2v) is 6.80. The minimum Gasteiger partial charge on any atom is -0.349 e. The molecule has 2 nitrogen and oxygen atoms in total. The van der Waals surface area contributed by atoms with Crippen molar-refractivity contribution in [2.24, 2.45) is 5.41 Å². The Morgan fingerprint density at radius 2 is 1.78 bits per heavy atom. The second kappa shape index (κ2) is 4.43. The van der Waals surface area contributed by atoms with Crippen LogP contribution in [0.1, 0.15) is 32.3 Å². The van der Waals surface area contributed by atoms with Gasteiger partial charge in [-0.25, -0.2) is 0 Å². The molecule has 2 unspecified atom stereocenters. The maximum Gasteiger partial charge on any atom is 0.227 e. The van der Waals surface area contributed by atoms with Gasteiger partial charge in [-0.3, -0.25) is 4.79 Å². The Balaban J connectivity index is 2.03. The lowest BCUT2D eigenvalue weighted by Crippen LogP contribution is -2.33. The van der Waals surface area contributed by atoms with Crippen LogP contribution in [-0.4, -0.2) is 16.3 Å². The van der Waals surface area contributed by atoms with E-state index in [1.807, 2.05) is 51.1 Å². The fourth-order valence-corrected chi connectivity index (χ4v) is 2.85. The second-order valence-electron chi connectivity index (χ2n) is 5.42. The molecule has 1 aromatic carbocycles. The van der Waals surface area contributed by atoms with Gasteiger partial charge in [0, 0.05) is 5.41 Å². The number of nitrogens with one attached hydrogen (secondary N) is 1. The zero-order valence-electron chi connectivity index (χ0n) is 10.7. The van der Waals surface area contributed by atoms with Crippen LogP contribution in [0.4, 0.5) is 0 Å². The third kappa shape index (κ3) is 2.12. The van der Waals surface area contributed by atoms with Crippen LogP contribution in [0.2, 0.25) is 0 Å². The van der Waals surface area contributed by atoms with E-state index in [1.165, 1.54) is 0 Å². The van der Waals surface area contributed by atoms with E-state index in [1.54, 1.807) is 0 Å². The molecule has 0 radical (unpaired) electrons. The van der Waals surface area contributed by atoms with Gasteiger partial charge in [-0.1, -0.05) is 67.4 Å². The minimum atomic E-state index is -0.862. The smallest absolute Gasteiger partial charge is 0.227 e. The summed E-state index contributed by atoms with van der Waals surface area (Å²) in [6.07, 6.45) is 0. The lowest BCUT2D eigenvalue weighted by molar-refractivity contribution is -0.122. The van der Waals surface area contributed by atoms with Gasteiger partial charge in [0.25, 0.3) is 0 Å². The van der Waals surface area contributed by atoms with Crippen molar-refractivity contribution in [1.29, 1.82) is 0 Å². The molecule has 2 rings (SSSR count). The molecule has 1 N–H and O–H groups in total. The Morgan fingerprint density at radius 3 is 2.22 bits per heavy atom. The summed E-state index contributed by atoms with van der Waals surface area (Å²) in [5.41, 5.74) is 0.713. The average Bonchev–Trinajstić information content (AvgIpc) is 2.72. The maximum atomic E-state index is 12.1. The predicted octanol–water partition coefficient (Wildman–Crippen LogP) is 3.49. The number of carbonyl (C=O) groups is 1. The van der Waals surface area contributed by atoms with Gasteiger partial charge < -0.3 is 5.32 Å². The summed E-state index contributed by atoms with van der Waals surface area (Å²) >= 11 is 12.3. The molecule has 2 atom stereocenters. The first-order chi connectivity index (χ1) is 8.28. The zero-order chi connectivity index (χ0) is 13.6. The van der Waals surface area contributed by atoms with E-state index in [2.05, 4.69) is 5.32 Å². The van der Waals surface area contributed by atoms with Gasteiger partial charge in [0.15, 0.2) is 0 Å². The van der Waals surface area contributed by atoms with Crippen LogP contribution in [0.25, 0.3) is 0 Å². The number of rotatable bonds is 3. The molecule has 1 aliphatic rings. The van der Waals surface area contributed by atoms with Crippen LogP contribution in [0.15, 0.2) is 30.3 Å². The van der Waals surface area contributed by atoms with Gasteiger partial charge in [-0.05, 0) is 12.5 Å². The number of amides is 1. The Bertz CT molecular complexity index is 442. The summed E-state index contributed by atoms with van der Waals surface area (Å²) in [5.74, 6) is -0.241. The predicted molar refractivity (Wildman–Crippen MR) is 75.0 cm³/mol. The number of benzene rings is 1. The summed E-state index contributed by atoms with van der Waals surface area (Å²) in [6, 6.07) is 9.47. The van der Waals surface area contributed by atoms with Crippen molar-refractivity contribution in [3.63, 3.8) is 0 Å². The Kier molecular flexibility index (Phi) is 3.37. The third-order valence-electron chi connectivity index (χ3n) is 3.84. The number of hydrogen-bond acceptors (Lipinski definition) is 1. The topological polar surface area (TPSA) is 29.1 Å². The van der Waals surface area contributed by atoms with Crippen LogP contribution in [0, 0.1) is 5.41 Å². The van der Waals surface area contributed by atoms with Gasteiger partial charge in [-0.2, -0.15) is 0 Å². The Hall–Kier alpha value is -0.730. The highest BCUT2D eigenvalue weighted by atomic mass is 35.5. The van der Waals surface area contributed by atoms with Crippen molar-refractivity contribution < 1.29 is 4.79 Å². The van der Waals surface area contributed by atoms with Crippen LogP contribution in [-0.2, 0) is 4.79 Å². The van der Waals surface area contributed by atoms with Crippen molar-refractivity contribution in [2.45, 2.75) is 37.1 Å². The highest BCUT2D eigenvalue weighted by molar-refractivity contribution is 6.52. The van der Waals surface area contributed by atoms with E-state index in [0.29, 0.717) is 0 Å². The molecule has 0 spiro atoms. The summed E-state index contributed by atoms with van der Waals surface area (Å²) in [6.45, 7) is 5.78. The van der Waals surface area contributed by atoms with E-state index in [0.717, 1.165) is 5.56 Å². The molecule has 1 amide bonds. The molecule has 0 aliphatic heterocycles. The summed E-state index contributed by atoms with van der Waals surface area (Å²) < 4.78 is -0.862. The first-order valence-corrected chi connectivity index (χ1v) is 6.77. The molecule has 0 bridgehead atoms. The number of carbonyl (C=O) groups excluding carboxylic acids is 1. The van der Waals surface area contributed by atoms with Crippen LogP contribution in [0.5, 0.6) is 0 Å². The molecule has 0 aromatic heterocycles. The molecule has 1 saturated carbocycles. The fraction of sp³-hybridized carbons (Fsp3) is 0.500. The molecular formula is C14H17Cl2NO. The van der Waals surface area contributed by atoms with Gasteiger partial charge in [0.05, 0.1) is 12.0 Å². The maximum absolute atomic E-state index is 12.1. The number of hydrogen-bond donors (Lipinski definition) is 1. The lowest BCUT2D eigenvalue weighted by atomic mass is 10.0. The molecular weight excluding hydrogens is 269 g/mol. The van der Waals surface area contributed by atoms with Gasteiger partial charge in [-0.15, -0.1) is 0 Å². The van der Waals surface area contributed by atoms with Crippen LogP contribution >= 0.6 is 23.2 Å². The Labute approximate surface area is 118 Å². The van der Waals surface area contributed by atoms with Crippen LogP contribution < -0.4 is 5.32 Å². The summed E-state index contributed by atoms with van der Waals surface area (Å²) in [5, 5.41) is 2.93. The van der Waals surface area contributed by atoms with Gasteiger partial charge in [0.2, 0.25) is 5.91 Å². The minimum absolute atomic E-state index is 0.0394. The Morgan fingerprint density at radius 1 is 1.28 bits per heavy atom. The summed E-state index contributed by atoms with van der Waals surface area (Å²) in [4.78, 5) is 12.1. The van der Waals surface area contributed by atoms with Crippen molar-refractivity contribution in [3.8, 4) is 0 Å². The van der Waals surface area contributed by atoms with Crippen molar-refractivity contribution in [3.05, 3.63) is 35.9 Å². The number of alkyl halides is 2. The SMILES string of the molecule is CC(C(=O)NC1C(C)(C)C1(Cl)Cl)c1ccccc1. The van der Waals surface area contributed by atoms with E-state index in [-0.39, 0.29) is 23.3 Å². The molecule has 0 heterocycles. The first kappa shape index (κ1) is 13.7. The molecule has 0 saturated heterocycles. The van der Waals surface area contributed by atoms with Gasteiger partial charge >= 0.3 is 0 Å². The largest absolute Gasteiger partial charge is 0.349 e. The monoisotopic (exact) mass is 285 g/mol. The highest BCUT2D eigenvalue weighted by Gasteiger charge is 2.71. The van der Waals surface area contributed by atoms with E-state index < -0.39 is 4.33 Å². The van der Waals surface area contributed by atoms with E-state index >= 15 is 0 Å². The summed E-state index contributed by atoms with van der Waals surface area (Å²) in [7, 11) is 0. The molecule has 18 heavy (non-hydrogen) atoms. The lowest BCUT2D eigenvalue weighted by Gasteiger charge is -2.13. The number of halogens is 2. The first-order valence-electron chi connectivity index (χ1n) is 6.01. The molecule has 1 fully saturated rings. The van der Waals surface area contributed by atoms with Crippen molar-refractivity contribution in [1.82, 2.24) is 5.32 Å². The fourth-order valence-electron chi connectivity index (χ4n) is 2.09. The molecule has 1 aliphatic carbocycles. The molecule has 4 heteroatoms. The molecule has 1 aromatic rings. The van der Waals surface area contributed by atoms with E-state index in [4.69, 9.17) is 23.2 Å². The average molecular weight is 286 g/mol.